The van der Waals surface area contributed by atoms with Crippen LogP contribution in [0.25, 0.3) is 0 Å². The Morgan fingerprint density at radius 2 is 2.33 bits per heavy atom. The van der Waals surface area contributed by atoms with Gasteiger partial charge in [0.15, 0.2) is 0 Å². The fourth-order valence-electron chi connectivity index (χ4n) is 0.218. The highest BCUT2D eigenvalue weighted by Crippen LogP contribution is 1.81. The maximum absolute atomic E-state index is 3.03. The normalized spacial score (nSPS) is 10.0. The van der Waals surface area contributed by atoms with E-state index >= 15 is 0 Å². The molecule has 0 amide bonds. The molecule has 0 saturated carbocycles. The third kappa shape index (κ3) is 4.65. The molecule has 0 aliphatic carbocycles. The summed E-state index contributed by atoms with van der Waals surface area (Å²) in [5.74, 6) is 0. The second-order valence-corrected chi connectivity index (χ2v) is 2.44. The van der Waals surface area contributed by atoms with E-state index in [9.17, 15) is 0 Å². The van der Waals surface area contributed by atoms with Crippen LogP contribution in [0.15, 0.2) is 0 Å². The van der Waals surface area contributed by atoms with Gasteiger partial charge < -0.3 is 0 Å². The standard InChI is InChI=1S/C3H9IN2/c1-3-5-6(2)4/h5H,3H2,1-2H3. The molecule has 0 rings (SSSR count). The molecule has 0 aliphatic rings. The van der Waals surface area contributed by atoms with Gasteiger partial charge in [0.2, 0.25) is 0 Å². The maximum Gasteiger partial charge on any atom is 0.0364 e. The zero-order valence-electron chi connectivity index (χ0n) is 4.03. The molecule has 0 aromatic heterocycles. The first kappa shape index (κ1) is 6.65. The smallest absolute Gasteiger partial charge is 0.0364 e. The monoisotopic (exact) mass is 200 g/mol. The first-order valence-corrected chi connectivity index (χ1v) is 2.87. The van der Waals surface area contributed by atoms with Crippen molar-refractivity contribution in [1.29, 1.82) is 0 Å². The van der Waals surface area contributed by atoms with Gasteiger partial charge in [0.1, 0.15) is 0 Å². The van der Waals surface area contributed by atoms with Crippen molar-refractivity contribution in [2.45, 2.75) is 6.92 Å². The highest BCUT2D eigenvalue weighted by molar-refractivity contribution is 14.1. The fraction of sp³-hybridized carbons (Fsp3) is 1.00. The second-order valence-electron chi connectivity index (χ2n) is 0.989. The van der Waals surface area contributed by atoms with Crippen molar-refractivity contribution in [3.8, 4) is 0 Å². The summed E-state index contributed by atoms with van der Waals surface area (Å²) in [6.07, 6.45) is 0. The fourth-order valence-corrected chi connectivity index (χ4v) is 0.559. The minimum atomic E-state index is 0.999. The highest BCUT2D eigenvalue weighted by atomic mass is 127. The number of hydrogen-bond donors (Lipinski definition) is 1. The number of hydrogen-bond acceptors (Lipinski definition) is 2. The van der Waals surface area contributed by atoms with Gasteiger partial charge in [0.25, 0.3) is 0 Å². The van der Waals surface area contributed by atoms with Crippen molar-refractivity contribution in [3.63, 3.8) is 0 Å². The SMILES string of the molecule is CCNN(C)I. The van der Waals surface area contributed by atoms with Crippen molar-refractivity contribution in [2.24, 2.45) is 0 Å². The summed E-state index contributed by atoms with van der Waals surface area (Å²) in [7, 11) is 1.96. The molecule has 0 aromatic carbocycles. The largest absolute Gasteiger partial charge is 0.247 e. The average molecular weight is 200 g/mol. The quantitative estimate of drug-likeness (QED) is 0.402. The Morgan fingerprint density at radius 1 is 1.83 bits per heavy atom. The van der Waals surface area contributed by atoms with Crippen LogP contribution in [-0.4, -0.2) is 16.8 Å². The summed E-state index contributed by atoms with van der Waals surface area (Å²) >= 11 is 2.16. The number of halogens is 1. The molecule has 3 heteroatoms. The molecular formula is C3H9IN2. The molecule has 0 aliphatic heterocycles. The lowest BCUT2D eigenvalue weighted by Crippen LogP contribution is -2.23. The average Bonchev–Trinajstić information content (AvgIpc) is 1.35. The summed E-state index contributed by atoms with van der Waals surface area (Å²) in [4.78, 5) is 0. The Kier molecular flexibility index (Phi) is 4.24. The van der Waals surface area contributed by atoms with E-state index in [2.05, 4.69) is 35.2 Å². The van der Waals surface area contributed by atoms with E-state index in [1.165, 1.54) is 0 Å². The van der Waals surface area contributed by atoms with E-state index in [-0.39, 0.29) is 0 Å². The van der Waals surface area contributed by atoms with Gasteiger partial charge in [-0.1, -0.05) is 6.92 Å². The van der Waals surface area contributed by atoms with Gasteiger partial charge in [-0.15, -0.1) is 0 Å². The van der Waals surface area contributed by atoms with Crippen LogP contribution in [-0.2, 0) is 0 Å². The molecule has 0 saturated heterocycles. The molecule has 0 bridgehead atoms. The Bertz CT molecular complexity index is 30.0. The van der Waals surface area contributed by atoms with Crippen LogP contribution in [0, 0.1) is 0 Å². The molecule has 0 radical (unpaired) electrons. The topological polar surface area (TPSA) is 15.3 Å². The van der Waals surface area contributed by atoms with Gasteiger partial charge in [0, 0.05) is 36.5 Å². The van der Waals surface area contributed by atoms with Crippen molar-refractivity contribution in [2.75, 3.05) is 13.6 Å². The second kappa shape index (κ2) is 3.83. The third-order valence-corrected chi connectivity index (χ3v) is 0.717. The minimum absolute atomic E-state index is 0.999. The van der Waals surface area contributed by atoms with E-state index in [0.717, 1.165) is 6.54 Å². The van der Waals surface area contributed by atoms with Gasteiger partial charge in [0.05, 0.1) is 0 Å². The molecule has 38 valence electrons. The van der Waals surface area contributed by atoms with E-state index in [1.54, 1.807) is 0 Å². The van der Waals surface area contributed by atoms with Crippen LogP contribution in [0.3, 0.4) is 0 Å². The lowest BCUT2D eigenvalue weighted by Gasteiger charge is -2.03. The molecule has 0 fully saturated rings. The van der Waals surface area contributed by atoms with E-state index < -0.39 is 0 Å². The van der Waals surface area contributed by atoms with Crippen LogP contribution in [0.5, 0.6) is 0 Å². The Labute approximate surface area is 52.4 Å². The number of nitrogens with one attached hydrogen (secondary N) is 1. The molecule has 1 N–H and O–H groups in total. The van der Waals surface area contributed by atoms with Crippen molar-refractivity contribution < 1.29 is 0 Å². The van der Waals surface area contributed by atoms with Gasteiger partial charge in [-0.3, -0.25) is 0 Å². The molecule has 0 aromatic rings. The summed E-state index contributed by atoms with van der Waals surface area (Å²) in [6, 6.07) is 0. The Hall–Kier alpha value is 0.650. The summed E-state index contributed by atoms with van der Waals surface area (Å²) in [6.45, 7) is 3.06. The Morgan fingerprint density at radius 3 is 2.33 bits per heavy atom. The minimum Gasteiger partial charge on any atom is -0.247 e. The summed E-state index contributed by atoms with van der Waals surface area (Å²) < 4.78 is 1.90. The van der Waals surface area contributed by atoms with Gasteiger partial charge >= 0.3 is 0 Å². The van der Waals surface area contributed by atoms with E-state index in [4.69, 9.17) is 0 Å². The van der Waals surface area contributed by atoms with E-state index in [0.29, 0.717) is 0 Å². The van der Waals surface area contributed by atoms with E-state index in [1.807, 2.05) is 10.3 Å². The van der Waals surface area contributed by atoms with Crippen molar-refractivity contribution in [1.82, 2.24) is 8.65 Å². The maximum atomic E-state index is 3.03. The highest BCUT2D eigenvalue weighted by Gasteiger charge is 1.78. The molecule has 0 atom stereocenters. The lowest BCUT2D eigenvalue weighted by molar-refractivity contribution is 0.463. The zero-order chi connectivity index (χ0) is 4.99. The first-order valence-electron chi connectivity index (χ1n) is 1.90. The van der Waals surface area contributed by atoms with Crippen LogP contribution in [0.2, 0.25) is 0 Å². The zero-order valence-corrected chi connectivity index (χ0v) is 6.19. The van der Waals surface area contributed by atoms with Crippen LogP contribution in [0.4, 0.5) is 0 Å². The number of hydrazine groups is 1. The van der Waals surface area contributed by atoms with Crippen molar-refractivity contribution in [3.05, 3.63) is 0 Å². The van der Waals surface area contributed by atoms with Crippen LogP contribution < -0.4 is 5.43 Å². The third-order valence-electron chi connectivity index (χ3n) is 0.376. The van der Waals surface area contributed by atoms with Crippen molar-refractivity contribution >= 4 is 22.9 Å². The predicted molar refractivity (Wildman–Crippen MR) is 35.5 cm³/mol. The molecule has 0 spiro atoms. The Balaban J connectivity index is 2.63. The van der Waals surface area contributed by atoms with Gasteiger partial charge in [-0.25, -0.2) is 5.43 Å². The molecular weight excluding hydrogens is 191 g/mol. The molecule has 2 nitrogen and oxygen atoms in total. The summed E-state index contributed by atoms with van der Waals surface area (Å²) in [5, 5.41) is 0. The summed E-state index contributed by atoms with van der Waals surface area (Å²) in [5.41, 5.74) is 3.03. The molecule has 0 heterocycles. The lowest BCUT2D eigenvalue weighted by atomic mass is 10.8. The van der Waals surface area contributed by atoms with Crippen LogP contribution in [0.1, 0.15) is 6.92 Å². The van der Waals surface area contributed by atoms with Crippen LogP contribution >= 0.6 is 22.9 Å². The first-order chi connectivity index (χ1) is 2.77. The van der Waals surface area contributed by atoms with Gasteiger partial charge in [-0.2, -0.15) is 3.22 Å². The van der Waals surface area contributed by atoms with Gasteiger partial charge in [-0.05, 0) is 0 Å². The predicted octanol–water partition coefficient (Wildman–Crippen LogP) is 0.793. The number of nitrogens with zero attached hydrogens (tertiary/aromatic N) is 1. The number of rotatable bonds is 2. The molecule has 0 unspecified atom stereocenters. The molecule has 6 heavy (non-hydrogen) atoms.